The standard InChI is InChI=1S/C10H9N3O3/c1-10(13(15)16)8(11-12-9(10)14)7-5-3-2-4-6-7/h2-6H,1H3,(H,12,14). The molecule has 0 aliphatic carbocycles. The van der Waals surface area contributed by atoms with E-state index in [0.29, 0.717) is 5.56 Å². The zero-order valence-corrected chi connectivity index (χ0v) is 8.51. The van der Waals surface area contributed by atoms with Crippen LogP contribution in [0, 0.1) is 10.1 Å². The lowest BCUT2D eigenvalue weighted by Crippen LogP contribution is -2.49. The smallest absolute Gasteiger partial charge is 0.264 e. The van der Waals surface area contributed by atoms with Crippen LogP contribution in [0.15, 0.2) is 35.4 Å². The van der Waals surface area contributed by atoms with Crippen molar-refractivity contribution in [1.29, 1.82) is 0 Å². The Morgan fingerprint density at radius 2 is 2.00 bits per heavy atom. The Bertz CT molecular complexity index is 483. The SMILES string of the molecule is CC1([N+](=O)[O-])C(=O)NN=C1c1ccccc1. The van der Waals surface area contributed by atoms with Gasteiger partial charge >= 0.3 is 11.4 Å². The van der Waals surface area contributed by atoms with Gasteiger partial charge in [0.25, 0.3) is 0 Å². The zero-order valence-electron chi connectivity index (χ0n) is 8.51. The molecule has 1 aromatic carbocycles. The summed E-state index contributed by atoms with van der Waals surface area (Å²) in [5.41, 5.74) is 1.05. The molecule has 1 atom stereocenters. The zero-order chi connectivity index (χ0) is 11.8. The number of hydrogen-bond acceptors (Lipinski definition) is 4. The van der Waals surface area contributed by atoms with E-state index >= 15 is 0 Å². The number of carbonyl (C=O) groups excluding carboxylic acids is 1. The van der Waals surface area contributed by atoms with E-state index < -0.39 is 16.4 Å². The number of rotatable bonds is 2. The van der Waals surface area contributed by atoms with Gasteiger partial charge in [-0.1, -0.05) is 30.3 Å². The Balaban J connectivity index is 2.51. The second-order valence-electron chi connectivity index (χ2n) is 3.60. The average molecular weight is 219 g/mol. The summed E-state index contributed by atoms with van der Waals surface area (Å²) in [6.45, 7) is 1.25. The number of amides is 1. The normalized spacial score (nSPS) is 23.8. The topological polar surface area (TPSA) is 84.6 Å². The molecule has 0 saturated heterocycles. The molecule has 1 unspecified atom stereocenters. The fourth-order valence-corrected chi connectivity index (χ4v) is 1.54. The third kappa shape index (κ3) is 1.27. The van der Waals surface area contributed by atoms with Gasteiger partial charge in [-0.3, -0.25) is 14.9 Å². The minimum absolute atomic E-state index is 0.142. The van der Waals surface area contributed by atoms with E-state index in [0.717, 1.165) is 0 Å². The molecule has 1 aliphatic rings. The van der Waals surface area contributed by atoms with Crippen molar-refractivity contribution in [3.63, 3.8) is 0 Å². The first-order valence-electron chi connectivity index (χ1n) is 4.65. The van der Waals surface area contributed by atoms with Crippen LogP contribution < -0.4 is 5.43 Å². The highest BCUT2D eigenvalue weighted by Crippen LogP contribution is 2.22. The Morgan fingerprint density at radius 1 is 1.38 bits per heavy atom. The fraction of sp³-hybridized carbons (Fsp3) is 0.200. The second-order valence-corrected chi connectivity index (χ2v) is 3.60. The van der Waals surface area contributed by atoms with E-state index in [9.17, 15) is 14.9 Å². The van der Waals surface area contributed by atoms with E-state index in [1.165, 1.54) is 6.92 Å². The van der Waals surface area contributed by atoms with Gasteiger partial charge in [-0.15, -0.1) is 0 Å². The lowest BCUT2D eigenvalue weighted by atomic mass is 9.91. The summed E-state index contributed by atoms with van der Waals surface area (Å²) in [4.78, 5) is 21.8. The van der Waals surface area contributed by atoms with Crippen LogP contribution in [0.1, 0.15) is 12.5 Å². The summed E-state index contributed by atoms with van der Waals surface area (Å²) < 4.78 is 0. The second kappa shape index (κ2) is 3.41. The van der Waals surface area contributed by atoms with Crippen LogP contribution in [0.5, 0.6) is 0 Å². The highest BCUT2D eigenvalue weighted by atomic mass is 16.6. The molecule has 0 spiro atoms. The van der Waals surface area contributed by atoms with Crippen LogP contribution >= 0.6 is 0 Å². The summed E-state index contributed by atoms with van der Waals surface area (Å²) >= 11 is 0. The van der Waals surface area contributed by atoms with Crippen molar-refractivity contribution in [2.24, 2.45) is 5.10 Å². The molecule has 0 fully saturated rings. The lowest BCUT2D eigenvalue weighted by Gasteiger charge is -2.13. The van der Waals surface area contributed by atoms with Crippen molar-refractivity contribution in [2.75, 3.05) is 0 Å². The van der Waals surface area contributed by atoms with Crippen LogP contribution in [-0.4, -0.2) is 22.1 Å². The first kappa shape index (κ1) is 10.3. The van der Waals surface area contributed by atoms with E-state index in [1.54, 1.807) is 30.3 Å². The number of benzene rings is 1. The lowest BCUT2D eigenvalue weighted by molar-refractivity contribution is -0.525. The van der Waals surface area contributed by atoms with Crippen molar-refractivity contribution in [2.45, 2.75) is 12.5 Å². The van der Waals surface area contributed by atoms with Crippen LogP contribution in [0.2, 0.25) is 0 Å². The summed E-state index contributed by atoms with van der Waals surface area (Å²) in [6, 6.07) is 8.63. The maximum Gasteiger partial charge on any atom is 0.341 e. The quantitative estimate of drug-likeness (QED) is 0.582. The largest absolute Gasteiger partial charge is 0.341 e. The van der Waals surface area contributed by atoms with E-state index in [-0.39, 0.29) is 5.71 Å². The number of nitro groups is 1. The summed E-state index contributed by atoms with van der Waals surface area (Å²) in [6.07, 6.45) is 0. The van der Waals surface area contributed by atoms with Gasteiger partial charge in [0.2, 0.25) is 0 Å². The molecule has 1 aliphatic heterocycles. The number of carbonyl (C=O) groups is 1. The minimum atomic E-state index is -1.80. The number of hydrazone groups is 1. The van der Waals surface area contributed by atoms with E-state index in [1.807, 2.05) is 0 Å². The molecular weight excluding hydrogens is 210 g/mol. The predicted molar refractivity (Wildman–Crippen MR) is 56.5 cm³/mol. The van der Waals surface area contributed by atoms with Crippen molar-refractivity contribution < 1.29 is 9.72 Å². The fourth-order valence-electron chi connectivity index (χ4n) is 1.54. The summed E-state index contributed by atoms with van der Waals surface area (Å²) in [7, 11) is 0. The molecule has 1 heterocycles. The molecule has 16 heavy (non-hydrogen) atoms. The van der Waals surface area contributed by atoms with Gasteiger partial charge in [-0.2, -0.15) is 5.10 Å². The van der Waals surface area contributed by atoms with Gasteiger partial charge in [0.15, 0.2) is 5.71 Å². The molecule has 1 amide bonds. The number of hydrogen-bond donors (Lipinski definition) is 1. The van der Waals surface area contributed by atoms with Crippen LogP contribution in [0.3, 0.4) is 0 Å². The van der Waals surface area contributed by atoms with Crippen molar-refractivity contribution in [1.82, 2.24) is 5.43 Å². The average Bonchev–Trinajstić information content (AvgIpc) is 2.58. The molecule has 0 bridgehead atoms. The molecule has 1 aromatic rings. The van der Waals surface area contributed by atoms with Gasteiger partial charge in [-0.25, -0.2) is 5.43 Å². The summed E-state index contributed by atoms with van der Waals surface area (Å²) in [5, 5.41) is 14.7. The van der Waals surface area contributed by atoms with Crippen molar-refractivity contribution in [3.05, 3.63) is 46.0 Å². The highest BCUT2D eigenvalue weighted by Gasteiger charge is 2.55. The minimum Gasteiger partial charge on any atom is -0.264 e. The van der Waals surface area contributed by atoms with Gasteiger partial charge < -0.3 is 0 Å². The first-order chi connectivity index (χ1) is 7.56. The van der Waals surface area contributed by atoms with Crippen LogP contribution in [-0.2, 0) is 4.79 Å². The Kier molecular flexibility index (Phi) is 2.19. The molecule has 6 heteroatoms. The van der Waals surface area contributed by atoms with Gasteiger partial charge in [0.05, 0.1) is 0 Å². The molecular formula is C10H9N3O3. The first-order valence-corrected chi connectivity index (χ1v) is 4.65. The molecule has 6 nitrogen and oxygen atoms in total. The predicted octanol–water partition coefficient (Wildman–Crippen LogP) is 0.556. The Morgan fingerprint density at radius 3 is 2.56 bits per heavy atom. The van der Waals surface area contributed by atoms with Crippen LogP contribution in [0.4, 0.5) is 0 Å². The van der Waals surface area contributed by atoms with Gasteiger partial charge in [0, 0.05) is 17.4 Å². The highest BCUT2D eigenvalue weighted by molar-refractivity contribution is 6.21. The van der Waals surface area contributed by atoms with E-state index in [2.05, 4.69) is 10.5 Å². The Labute approximate surface area is 91.1 Å². The molecule has 82 valence electrons. The summed E-state index contributed by atoms with van der Waals surface area (Å²) in [5.74, 6) is -0.712. The molecule has 0 aromatic heterocycles. The van der Waals surface area contributed by atoms with Gasteiger partial charge in [0.1, 0.15) is 0 Å². The molecule has 0 saturated carbocycles. The van der Waals surface area contributed by atoms with Crippen molar-refractivity contribution >= 4 is 11.6 Å². The third-order valence-corrected chi connectivity index (χ3v) is 2.58. The maximum atomic E-state index is 11.5. The molecule has 1 N–H and O–H groups in total. The monoisotopic (exact) mass is 219 g/mol. The number of nitrogens with zero attached hydrogens (tertiary/aromatic N) is 2. The molecule has 2 rings (SSSR count). The molecule has 0 radical (unpaired) electrons. The van der Waals surface area contributed by atoms with Crippen LogP contribution in [0.25, 0.3) is 0 Å². The Hall–Kier alpha value is -2.24. The third-order valence-electron chi connectivity index (χ3n) is 2.58. The van der Waals surface area contributed by atoms with Crippen molar-refractivity contribution in [3.8, 4) is 0 Å². The van der Waals surface area contributed by atoms with Gasteiger partial charge in [-0.05, 0) is 0 Å². The van der Waals surface area contributed by atoms with E-state index in [4.69, 9.17) is 0 Å². The number of nitrogens with one attached hydrogen (secondary N) is 1. The maximum absolute atomic E-state index is 11.5.